The molecule has 0 rings (SSSR count). The summed E-state index contributed by atoms with van der Waals surface area (Å²) in [7, 11) is 2.18. The van der Waals surface area contributed by atoms with Crippen LogP contribution in [0.2, 0.25) is 0 Å². The van der Waals surface area contributed by atoms with E-state index in [1.54, 1.807) is 0 Å². The van der Waals surface area contributed by atoms with Crippen molar-refractivity contribution in [2.45, 2.75) is 59.8 Å². The third kappa shape index (κ3) is 8.58. The summed E-state index contributed by atoms with van der Waals surface area (Å²) in [5.41, 5.74) is 0. The van der Waals surface area contributed by atoms with E-state index in [-0.39, 0.29) is 6.29 Å². The molecule has 0 saturated carbocycles. The lowest BCUT2D eigenvalue weighted by molar-refractivity contribution is -0.141. The van der Waals surface area contributed by atoms with Crippen molar-refractivity contribution in [2.75, 3.05) is 26.8 Å². The summed E-state index contributed by atoms with van der Waals surface area (Å²) >= 11 is 0. The van der Waals surface area contributed by atoms with Gasteiger partial charge < -0.3 is 14.4 Å². The number of ether oxygens (including phenoxy) is 2. The molecule has 17 heavy (non-hydrogen) atoms. The van der Waals surface area contributed by atoms with Crippen molar-refractivity contribution in [3.63, 3.8) is 0 Å². The van der Waals surface area contributed by atoms with Gasteiger partial charge in [0.2, 0.25) is 0 Å². The SMILES string of the molecule is CCOC(CCN(C)C(C)CC(C)C)OCC. The highest BCUT2D eigenvalue weighted by Gasteiger charge is 2.14. The van der Waals surface area contributed by atoms with Gasteiger partial charge in [-0.1, -0.05) is 13.8 Å². The van der Waals surface area contributed by atoms with Crippen LogP contribution in [-0.4, -0.2) is 44.0 Å². The third-order valence-electron chi connectivity index (χ3n) is 2.99. The minimum atomic E-state index is -0.0429. The first kappa shape index (κ1) is 16.9. The van der Waals surface area contributed by atoms with Gasteiger partial charge in [0.1, 0.15) is 0 Å². The second kappa shape index (κ2) is 9.86. The van der Waals surface area contributed by atoms with Crippen LogP contribution in [0.15, 0.2) is 0 Å². The van der Waals surface area contributed by atoms with Crippen molar-refractivity contribution >= 4 is 0 Å². The molecular formula is C14H31NO2. The Morgan fingerprint density at radius 1 is 1.00 bits per heavy atom. The van der Waals surface area contributed by atoms with Crippen LogP contribution in [0, 0.1) is 5.92 Å². The quantitative estimate of drug-likeness (QED) is 0.552. The van der Waals surface area contributed by atoms with E-state index in [1.807, 2.05) is 13.8 Å². The lowest BCUT2D eigenvalue weighted by Crippen LogP contribution is -2.33. The molecule has 0 fully saturated rings. The zero-order valence-electron chi connectivity index (χ0n) is 12.5. The molecule has 104 valence electrons. The fourth-order valence-corrected chi connectivity index (χ4v) is 1.98. The minimum absolute atomic E-state index is 0.0429. The Balaban J connectivity index is 3.88. The second-order valence-corrected chi connectivity index (χ2v) is 5.09. The first-order chi connectivity index (χ1) is 8.01. The molecular weight excluding hydrogens is 214 g/mol. The number of nitrogens with zero attached hydrogens (tertiary/aromatic N) is 1. The van der Waals surface area contributed by atoms with E-state index < -0.39 is 0 Å². The molecule has 0 aromatic rings. The molecule has 0 N–H and O–H groups in total. The second-order valence-electron chi connectivity index (χ2n) is 5.09. The van der Waals surface area contributed by atoms with E-state index in [9.17, 15) is 0 Å². The lowest BCUT2D eigenvalue weighted by Gasteiger charge is -2.27. The Morgan fingerprint density at radius 3 is 1.94 bits per heavy atom. The minimum Gasteiger partial charge on any atom is -0.353 e. The number of hydrogen-bond donors (Lipinski definition) is 0. The average molecular weight is 245 g/mol. The first-order valence-corrected chi connectivity index (χ1v) is 6.94. The van der Waals surface area contributed by atoms with Crippen LogP contribution in [-0.2, 0) is 9.47 Å². The fourth-order valence-electron chi connectivity index (χ4n) is 1.98. The van der Waals surface area contributed by atoms with Gasteiger partial charge >= 0.3 is 0 Å². The Kier molecular flexibility index (Phi) is 9.79. The van der Waals surface area contributed by atoms with Crippen LogP contribution in [0.3, 0.4) is 0 Å². The summed E-state index contributed by atoms with van der Waals surface area (Å²) in [5.74, 6) is 0.752. The molecule has 0 aliphatic carbocycles. The van der Waals surface area contributed by atoms with E-state index in [2.05, 4.69) is 32.7 Å². The van der Waals surface area contributed by atoms with Gasteiger partial charge in [-0.05, 0) is 40.2 Å². The van der Waals surface area contributed by atoms with Gasteiger partial charge in [0.15, 0.2) is 6.29 Å². The Morgan fingerprint density at radius 2 is 1.53 bits per heavy atom. The van der Waals surface area contributed by atoms with E-state index in [0.717, 1.165) is 32.1 Å². The van der Waals surface area contributed by atoms with Gasteiger partial charge in [0.05, 0.1) is 0 Å². The number of rotatable bonds is 10. The predicted molar refractivity (Wildman–Crippen MR) is 73.2 cm³/mol. The molecule has 3 nitrogen and oxygen atoms in total. The molecule has 0 saturated heterocycles. The fraction of sp³-hybridized carbons (Fsp3) is 1.00. The van der Waals surface area contributed by atoms with Crippen molar-refractivity contribution in [1.29, 1.82) is 0 Å². The molecule has 0 spiro atoms. The molecule has 0 aliphatic rings. The molecule has 3 heteroatoms. The van der Waals surface area contributed by atoms with Gasteiger partial charge in [-0.2, -0.15) is 0 Å². The van der Waals surface area contributed by atoms with Crippen LogP contribution in [0.25, 0.3) is 0 Å². The molecule has 0 amide bonds. The highest BCUT2D eigenvalue weighted by molar-refractivity contribution is 4.65. The first-order valence-electron chi connectivity index (χ1n) is 6.94. The highest BCUT2D eigenvalue weighted by Crippen LogP contribution is 2.11. The normalized spacial score (nSPS) is 13.9. The summed E-state index contributed by atoms with van der Waals surface area (Å²) in [5, 5.41) is 0. The van der Waals surface area contributed by atoms with Crippen molar-refractivity contribution in [2.24, 2.45) is 5.92 Å². The maximum Gasteiger partial charge on any atom is 0.158 e. The predicted octanol–water partition coefficient (Wildman–Crippen LogP) is 3.14. The molecule has 0 bridgehead atoms. The Bertz CT molecular complexity index is 168. The average Bonchev–Trinajstić information content (AvgIpc) is 2.25. The van der Waals surface area contributed by atoms with Crippen LogP contribution >= 0.6 is 0 Å². The van der Waals surface area contributed by atoms with Crippen LogP contribution in [0.1, 0.15) is 47.5 Å². The number of hydrogen-bond acceptors (Lipinski definition) is 3. The summed E-state index contributed by atoms with van der Waals surface area (Å²) in [6.45, 7) is 13.3. The van der Waals surface area contributed by atoms with E-state index in [4.69, 9.17) is 9.47 Å². The van der Waals surface area contributed by atoms with Crippen LogP contribution in [0.5, 0.6) is 0 Å². The molecule has 0 heterocycles. The van der Waals surface area contributed by atoms with Crippen LogP contribution in [0.4, 0.5) is 0 Å². The van der Waals surface area contributed by atoms with E-state index in [1.165, 1.54) is 6.42 Å². The zero-order chi connectivity index (χ0) is 13.3. The maximum atomic E-state index is 5.54. The van der Waals surface area contributed by atoms with Crippen molar-refractivity contribution < 1.29 is 9.47 Å². The van der Waals surface area contributed by atoms with Crippen LogP contribution < -0.4 is 0 Å². The highest BCUT2D eigenvalue weighted by atomic mass is 16.7. The van der Waals surface area contributed by atoms with Gasteiger partial charge in [-0.25, -0.2) is 0 Å². The van der Waals surface area contributed by atoms with Gasteiger partial charge in [0.25, 0.3) is 0 Å². The zero-order valence-corrected chi connectivity index (χ0v) is 12.5. The summed E-state index contributed by atoms with van der Waals surface area (Å²) in [6.07, 6.45) is 2.14. The standard InChI is InChI=1S/C14H31NO2/c1-7-16-14(17-8-2)9-10-15(6)13(5)11-12(3)4/h12-14H,7-11H2,1-6H3. The lowest BCUT2D eigenvalue weighted by atomic mass is 10.0. The molecule has 1 unspecified atom stereocenters. The summed E-state index contributed by atoms with van der Waals surface area (Å²) < 4.78 is 11.1. The van der Waals surface area contributed by atoms with Gasteiger partial charge in [-0.3, -0.25) is 0 Å². The monoisotopic (exact) mass is 245 g/mol. The summed E-state index contributed by atoms with van der Waals surface area (Å²) in [6, 6.07) is 0.624. The molecule has 0 aromatic heterocycles. The molecule has 0 aliphatic heterocycles. The van der Waals surface area contributed by atoms with Gasteiger partial charge in [0, 0.05) is 32.2 Å². The topological polar surface area (TPSA) is 21.7 Å². The van der Waals surface area contributed by atoms with Crippen molar-refractivity contribution in [3.05, 3.63) is 0 Å². The van der Waals surface area contributed by atoms with Crippen molar-refractivity contribution in [1.82, 2.24) is 4.90 Å². The van der Waals surface area contributed by atoms with Gasteiger partial charge in [-0.15, -0.1) is 0 Å². The maximum absolute atomic E-state index is 5.54. The Labute approximate surface area is 107 Å². The van der Waals surface area contributed by atoms with E-state index in [0.29, 0.717) is 6.04 Å². The molecule has 0 radical (unpaired) electrons. The molecule has 0 aromatic carbocycles. The largest absolute Gasteiger partial charge is 0.353 e. The van der Waals surface area contributed by atoms with Crippen molar-refractivity contribution in [3.8, 4) is 0 Å². The third-order valence-corrected chi connectivity index (χ3v) is 2.99. The molecule has 1 atom stereocenters. The van der Waals surface area contributed by atoms with E-state index >= 15 is 0 Å². The summed E-state index contributed by atoms with van der Waals surface area (Å²) in [4.78, 5) is 2.39. The smallest absolute Gasteiger partial charge is 0.158 e. The Hall–Kier alpha value is -0.120.